The summed E-state index contributed by atoms with van der Waals surface area (Å²) in [6.45, 7) is -0.327. The van der Waals surface area contributed by atoms with Gasteiger partial charge in [-0.05, 0) is 53.8 Å². The number of likely N-dealkylation sites (N-methyl/N-ethyl adjacent to an activating group) is 1. The molecule has 30 heavy (non-hydrogen) atoms. The summed E-state index contributed by atoms with van der Waals surface area (Å²) < 4.78 is 5.27. The van der Waals surface area contributed by atoms with Crippen LogP contribution in [-0.4, -0.2) is 30.5 Å². The van der Waals surface area contributed by atoms with E-state index >= 15 is 0 Å². The lowest BCUT2D eigenvalue weighted by molar-refractivity contribution is -0.123. The number of hydrogen-bond acceptors (Lipinski definition) is 4. The van der Waals surface area contributed by atoms with Crippen molar-refractivity contribution in [3.05, 3.63) is 74.9 Å². The van der Waals surface area contributed by atoms with Crippen LogP contribution in [-0.2, 0) is 16.0 Å². The predicted octanol–water partition coefficient (Wildman–Crippen LogP) is 4.93. The standard InChI is InChI=1S/C23H18Cl2N2O3/c1-26-20(28)12-30-23(29)21-15-4-2-3-5-19(15)27-22-14(7-8-16(21)22)10-13-6-9-17(24)18(25)11-13/h2-6,9-11H,7-8,12H2,1H3,(H,26,28)/b14-10+. The minimum Gasteiger partial charge on any atom is -0.452 e. The van der Waals surface area contributed by atoms with Gasteiger partial charge in [0.05, 0.1) is 26.8 Å². The van der Waals surface area contributed by atoms with Crippen molar-refractivity contribution in [3.63, 3.8) is 0 Å². The largest absolute Gasteiger partial charge is 0.452 e. The monoisotopic (exact) mass is 440 g/mol. The first kappa shape index (κ1) is 20.4. The zero-order valence-electron chi connectivity index (χ0n) is 16.2. The fraction of sp³-hybridized carbons (Fsp3) is 0.174. The highest BCUT2D eigenvalue weighted by Crippen LogP contribution is 2.38. The first-order chi connectivity index (χ1) is 14.5. The number of amides is 1. The van der Waals surface area contributed by atoms with Crippen LogP contribution in [0.5, 0.6) is 0 Å². The van der Waals surface area contributed by atoms with Gasteiger partial charge in [0.25, 0.3) is 5.91 Å². The van der Waals surface area contributed by atoms with Gasteiger partial charge in [-0.1, -0.05) is 47.5 Å². The van der Waals surface area contributed by atoms with Gasteiger partial charge in [0.2, 0.25) is 0 Å². The number of nitrogens with one attached hydrogen (secondary N) is 1. The maximum atomic E-state index is 12.9. The fourth-order valence-corrected chi connectivity index (χ4v) is 3.90. The molecule has 0 fully saturated rings. The molecule has 152 valence electrons. The van der Waals surface area contributed by atoms with E-state index in [9.17, 15) is 9.59 Å². The number of benzene rings is 2. The number of rotatable bonds is 4. The van der Waals surface area contributed by atoms with Gasteiger partial charge in [-0.3, -0.25) is 4.79 Å². The van der Waals surface area contributed by atoms with Crippen LogP contribution < -0.4 is 5.32 Å². The molecule has 0 atom stereocenters. The second kappa shape index (κ2) is 8.46. The normalized spacial score (nSPS) is 14.0. The number of pyridine rings is 1. The lowest BCUT2D eigenvalue weighted by Crippen LogP contribution is -2.25. The molecular formula is C23H18Cl2N2O3. The third kappa shape index (κ3) is 3.91. The second-order valence-corrected chi connectivity index (χ2v) is 7.74. The van der Waals surface area contributed by atoms with Crippen LogP contribution in [0.1, 0.15) is 33.6 Å². The lowest BCUT2D eigenvalue weighted by Gasteiger charge is -2.12. The third-order valence-corrected chi connectivity index (χ3v) is 5.78. The van der Waals surface area contributed by atoms with Crippen LogP contribution in [0.3, 0.4) is 0 Å². The third-order valence-electron chi connectivity index (χ3n) is 5.04. The molecule has 1 N–H and O–H groups in total. The Kier molecular flexibility index (Phi) is 5.75. The smallest absolute Gasteiger partial charge is 0.339 e. The van der Waals surface area contributed by atoms with Crippen LogP contribution in [0.4, 0.5) is 0 Å². The first-order valence-electron chi connectivity index (χ1n) is 9.43. The zero-order chi connectivity index (χ0) is 21.3. The molecule has 3 aromatic rings. The summed E-state index contributed by atoms with van der Waals surface area (Å²) in [5.74, 6) is -0.886. The van der Waals surface area contributed by atoms with Crippen LogP contribution in [0, 0.1) is 0 Å². The Morgan fingerprint density at radius 2 is 1.93 bits per heavy atom. The van der Waals surface area contributed by atoms with E-state index < -0.39 is 5.97 Å². The molecule has 1 aliphatic rings. The first-order valence-corrected chi connectivity index (χ1v) is 10.2. The maximum absolute atomic E-state index is 12.9. The van der Waals surface area contributed by atoms with E-state index in [0.717, 1.165) is 28.8 Å². The zero-order valence-corrected chi connectivity index (χ0v) is 17.7. The molecule has 1 aromatic heterocycles. The quantitative estimate of drug-likeness (QED) is 0.583. The Hall–Kier alpha value is -2.89. The van der Waals surface area contributed by atoms with Crippen LogP contribution >= 0.6 is 23.2 Å². The summed E-state index contributed by atoms with van der Waals surface area (Å²) >= 11 is 12.2. The minimum atomic E-state index is -0.524. The number of para-hydroxylation sites is 1. The predicted molar refractivity (Wildman–Crippen MR) is 119 cm³/mol. The van der Waals surface area contributed by atoms with Crippen molar-refractivity contribution in [2.75, 3.05) is 13.7 Å². The van der Waals surface area contributed by atoms with Gasteiger partial charge in [-0.25, -0.2) is 9.78 Å². The fourth-order valence-electron chi connectivity index (χ4n) is 3.59. The Morgan fingerprint density at radius 3 is 2.70 bits per heavy atom. The van der Waals surface area contributed by atoms with Crippen LogP contribution in [0.25, 0.3) is 22.6 Å². The number of aromatic nitrogens is 1. The van der Waals surface area contributed by atoms with Crippen molar-refractivity contribution < 1.29 is 14.3 Å². The van der Waals surface area contributed by atoms with Crippen molar-refractivity contribution in [1.29, 1.82) is 0 Å². The molecule has 7 heteroatoms. The van der Waals surface area contributed by atoms with Crippen molar-refractivity contribution in [2.24, 2.45) is 0 Å². The van der Waals surface area contributed by atoms with Gasteiger partial charge < -0.3 is 10.1 Å². The molecule has 1 amide bonds. The molecule has 0 spiro atoms. The van der Waals surface area contributed by atoms with Crippen molar-refractivity contribution >= 4 is 57.6 Å². The van der Waals surface area contributed by atoms with Gasteiger partial charge >= 0.3 is 5.97 Å². The van der Waals surface area contributed by atoms with Crippen molar-refractivity contribution in [2.45, 2.75) is 12.8 Å². The second-order valence-electron chi connectivity index (χ2n) is 6.92. The van der Waals surface area contributed by atoms with Gasteiger partial charge in [0.1, 0.15) is 0 Å². The number of halogens is 2. The maximum Gasteiger partial charge on any atom is 0.339 e. The molecule has 1 aliphatic carbocycles. The van der Waals surface area contributed by atoms with E-state index in [-0.39, 0.29) is 12.5 Å². The van der Waals surface area contributed by atoms with Crippen LogP contribution in [0.15, 0.2) is 42.5 Å². The number of nitrogens with zero attached hydrogens (tertiary/aromatic N) is 1. The van der Waals surface area contributed by atoms with E-state index in [1.54, 1.807) is 12.1 Å². The van der Waals surface area contributed by atoms with Crippen LogP contribution in [0.2, 0.25) is 10.0 Å². The molecule has 5 nitrogen and oxygen atoms in total. The number of carbonyl (C=O) groups excluding carboxylic acids is 2. The van der Waals surface area contributed by atoms with Crippen molar-refractivity contribution in [1.82, 2.24) is 10.3 Å². The molecule has 0 unspecified atom stereocenters. The molecule has 4 rings (SSSR count). The molecule has 0 saturated heterocycles. The summed E-state index contributed by atoms with van der Waals surface area (Å²) in [5, 5.41) is 4.14. The molecular weight excluding hydrogens is 423 g/mol. The average Bonchev–Trinajstić information content (AvgIpc) is 3.14. The lowest BCUT2D eigenvalue weighted by atomic mass is 10.0. The van der Waals surface area contributed by atoms with E-state index in [0.29, 0.717) is 32.9 Å². The Balaban J connectivity index is 1.80. The highest BCUT2D eigenvalue weighted by atomic mass is 35.5. The number of esters is 1. The van der Waals surface area contributed by atoms with Gasteiger partial charge in [0, 0.05) is 12.4 Å². The molecule has 2 aromatic carbocycles. The van der Waals surface area contributed by atoms with Gasteiger partial charge in [-0.2, -0.15) is 0 Å². The minimum absolute atomic E-state index is 0.327. The van der Waals surface area contributed by atoms with E-state index in [1.165, 1.54) is 7.05 Å². The van der Waals surface area contributed by atoms with E-state index in [2.05, 4.69) is 5.32 Å². The number of hydrogen-bond donors (Lipinski definition) is 1. The topological polar surface area (TPSA) is 68.3 Å². The summed E-state index contributed by atoms with van der Waals surface area (Å²) in [7, 11) is 1.50. The number of ether oxygens (including phenoxy) is 1. The summed E-state index contributed by atoms with van der Waals surface area (Å²) in [4.78, 5) is 29.2. The van der Waals surface area contributed by atoms with Gasteiger partial charge in [0.15, 0.2) is 6.61 Å². The molecule has 0 bridgehead atoms. The Labute approximate surface area is 183 Å². The number of carbonyl (C=O) groups is 2. The Bertz CT molecular complexity index is 1200. The number of fused-ring (bicyclic) bond motifs is 2. The Morgan fingerprint density at radius 1 is 1.13 bits per heavy atom. The average molecular weight is 441 g/mol. The van der Waals surface area contributed by atoms with Crippen molar-refractivity contribution in [3.8, 4) is 0 Å². The molecule has 0 aliphatic heterocycles. The van der Waals surface area contributed by atoms with E-state index in [4.69, 9.17) is 32.9 Å². The summed E-state index contributed by atoms with van der Waals surface area (Å²) in [6, 6.07) is 12.9. The summed E-state index contributed by atoms with van der Waals surface area (Å²) in [6.07, 6.45) is 3.40. The number of allylic oxidation sites excluding steroid dienone is 1. The summed E-state index contributed by atoms with van der Waals surface area (Å²) in [5.41, 5.74) is 4.69. The van der Waals surface area contributed by atoms with E-state index in [1.807, 2.05) is 36.4 Å². The highest BCUT2D eigenvalue weighted by Gasteiger charge is 2.27. The molecule has 0 saturated carbocycles. The van der Waals surface area contributed by atoms with Gasteiger partial charge in [-0.15, -0.1) is 0 Å². The highest BCUT2D eigenvalue weighted by molar-refractivity contribution is 6.42. The SMILES string of the molecule is CNC(=O)COC(=O)c1c2c(nc3ccccc13)/C(=C/c1ccc(Cl)c(Cl)c1)CC2. The molecule has 1 heterocycles. The molecule has 0 radical (unpaired) electrons.